The van der Waals surface area contributed by atoms with Crippen LogP contribution in [0.25, 0.3) is 11.3 Å². The fourth-order valence-electron chi connectivity index (χ4n) is 2.58. The van der Waals surface area contributed by atoms with Gasteiger partial charge in [-0.15, -0.1) is 0 Å². The molecule has 0 radical (unpaired) electrons. The van der Waals surface area contributed by atoms with Crippen LogP contribution in [0, 0.1) is 5.82 Å². The van der Waals surface area contributed by atoms with Crippen LogP contribution < -0.4 is 5.56 Å². The minimum atomic E-state index is -2.63. The maximum atomic E-state index is 13.5. The molecule has 0 saturated heterocycles. The lowest BCUT2D eigenvalue weighted by atomic mass is 9.99. The quantitative estimate of drug-likeness (QED) is 0.609. The molecule has 27 heavy (non-hydrogen) atoms. The van der Waals surface area contributed by atoms with Crippen molar-refractivity contribution >= 4 is 11.5 Å². The first-order valence-corrected chi connectivity index (χ1v) is 7.91. The van der Waals surface area contributed by atoms with Gasteiger partial charge in [0.25, 0.3) is 12.0 Å². The van der Waals surface area contributed by atoms with E-state index >= 15 is 0 Å². The van der Waals surface area contributed by atoms with Crippen molar-refractivity contribution in [3.63, 3.8) is 0 Å². The Balaban J connectivity index is 2.25. The van der Waals surface area contributed by atoms with Gasteiger partial charge in [0.15, 0.2) is 0 Å². The van der Waals surface area contributed by atoms with Gasteiger partial charge in [0.1, 0.15) is 11.4 Å². The first kappa shape index (κ1) is 18.5. The van der Waals surface area contributed by atoms with E-state index < -0.39 is 23.8 Å². The van der Waals surface area contributed by atoms with Crippen molar-refractivity contribution in [1.82, 2.24) is 9.78 Å². The molecule has 3 rings (SSSR count). The summed E-state index contributed by atoms with van der Waals surface area (Å²) in [4.78, 5) is 24.6. The number of rotatable bonds is 4. The Hall–Kier alpha value is -3.34. The van der Waals surface area contributed by atoms with E-state index in [-0.39, 0.29) is 35.4 Å². The number of esters is 1. The minimum Gasteiger partial charge on any atom is -0.465 e. The van der Waals surface area contributed by atoms with Crippen LogP contribution in [0.1, 0.15) is 28.9 Å². The van der Waals surface area contributed by atoms with Gasteiger partial charge in [-0.2, -0.15) is 9.78 Å². The number of benzene rings is 1. The molecular formula is C19H13F3N2O3. The first-order valence-electron chi connectivity index (χ1n) is 7.91. The fourth-order valence-corrected chi connectivity index (χ4v) is 2.58. The van der Waals surface area contributed by atoms with Crippen LogP contribution in [0.4, 0.5) is 13.2 Å². The SMILES string of the molecule is COC(=O)c1cc(C2=C=C=C(C(F)F)CC2)nn(-c2cccc(F)c2)c1=O. The Morgan fingerprint density at radius 3 is 2.63 bits per heavy atom. The van der Waals surface area contributed by atoms with Crippen molar-refractivity contribution in [2.24, 2.45) is 0 Å². The average Bonchev–Trinajstić information content (AvgIpc) is 2.67. The van der Waals surface area contributed by atoms with Gasteiger partial charge in [-0.1, -0.05) is 17.5 Å². The molecule has 0 amide bonds. The lowest BCUT2D eigenvalue weighted by molar-refractivity contribution is 0.0598. The van der Waals surface area contributed by atoms with Crippen molar-refractivity contribution in [2.75, 3.05) is 7.11 Å². The lowest BCUT2D eigenvalue weighted by Gasteiger charge is -2.13. The summed E-state index contributed by atoms with van der Waals surface area (Å²) in [7, 11) is 1.12. The third-order valence-corrected chi connectivity index (χ3v) is 3.96. The van der Waals surface area contributed by atoms with Gasteiger partial charge < -0.3 is 4.74 Å². The number of carbonyl (C=O) groups is 1. The maximum absolute atomic E-state index is 13.5. The summed E-state index contributed by atoms with van der Waals surface area (Å²) in [6, 6.07) is 6.33. The number of hydrogen-bond donors (Lipinski definition) is 0. The van der Waals surface area contributed by atoms with Crippen molar-refractivity contribution in [3.8, 4) is 5.69 Å². The Bertz CT molecular complexity index is 1080. The van der Waals surface area contributed by atoms with E-state index in [1.54, 1.807) is 0 Å². The molecule has 0 spiro atoms. The zero-order valence-corrected chi connectivity index (χ0v) is 14.1. The molecule has 0 N–H and O–H groups in total. The van der Waals surface area contributed by atoms with Crippen molar-refractivity contribution in [2.45, 2.75) is 19.3 Å². The minimum absolute atomic E-state index is 0.0499. The van der Waals surface area contributed by atoms with Crippen molar-refractivity contribution in [3.05, 3.63) is 74.8 Å². The lowest BCUT2D eigenvalue weighted by Crippen LogP contribution is -2.29. The smallest absolute Gasteiger partial charge is 0.343 e. The van der Waals surface area contributed by atoms with E-state index in [1.165, 1.54) is 24.3 Å². The van der Waals surface area contributed by atoms with Crippen LogP contribution in [-0.4, -0.2) is 29.3 Å². The summed E-state index contributed by atoms with van der Waals surface area (Å²) < 4.78 is 44.5. The molecule has 138 valence electrons. The summed E-state index contributed by atoms with van der Waals surface area (Å²) in [5.74, 6) is -1.48. The van der Waals surface area contributed by atoms with E-state index in [9.17, 15) is 22.8 Å². The number of halogens is 3. The standard InChI is InChI=1S/C19H13F3N2O3/c1-27-19(26)15-10-16(11-5-7-12(8-6-11)17(21)22)23-24(18(15)25)14-4-2-3-13(20)9-14/h2-4,9-10,17H,5,7H2,1H3. The van der Waals surface area contributed by atoms with E-state index in [0.717, 1.165) is 17.9 Å². The number of allylic oxidation sites excluding steroid dienone is 2. The summed E-state index contributed by atoms with van der Waals surface area (Å²) in [5, 5.41) is 4.15. The molecule has 2 aromatic rings. The van der Waals surface area contributed by atoms with Gasteiger partial charge in [0, 0.05) is 11.1 Å². The molecule has 1 heterocycles. The zero-order chi connectivity index (χ0) is 19.6. The number of methoxy groups -OCH3 is 1. The van der Waals surface area contributed by atoms with Gasteiger partial charge in [-0.3, -0.25) is 4.79 Å². The highest BCUT2D eigenvalue weighted by molar-refractivity contribution is 5.89. The van der Waals surface area contributed by atoms with Gasteiger partial charge >= 0.3 is 5.97 Å². The molecule has 1 aliphatic carbocycles. The Morgan fingerprint density at radius 1 is 1.26 bits per heavy atom. The van der Waals surface area contributed by atoms with Crippen LogP contribution in [-0.2, 0) is 4.74 Å². The number of nitrogens with zero attached hydrogens (tertiary/aromatic N) is 2. The number of alkyl halides is 2. The van der Waals surface area contributed by atoms with Crippen molar-refractivity contribution < 1.29 is 22.7 Å². The Morgan fingerprint density at radius 2 is 2.04 bits per heavy atom. The second kappa shape index (κ2) is 7.50. The highest BCUT2D eigenvalue weighted by atomic mass is 19.3. The number of hydrogen-bond acceptors (Lipinski definition) is 4. The summed E-state index contributed by atoms with van der Waals surface area (Å²) >= 11 is 0. The predicted molar refractivity (Wildman–Crippen MR) is 90.3 cm³/mol. The average molecular weight is 374 g/mol. The topological polar surface area (TPSA) is 61.2 Å². The van der Waals surface area contributed by atoms with Crippen LogP contribution in [0.3, 0.4) is 0 Å². The highest BCUT2D eigenvalue weighted by Crippen LogP contribution is 2.25. The molecular weight excluding hydrogens is 361 g/mol. The molecule has 1 aliphatic rings. The van der Waals surface area contributed by atoms with E-state index in [2.05, 4.69) is 21.3 Å². The van der Waals surface area contributed by atoms with Gasteiger partial charge in [0.2, 0.25) is 0 Å². The van der Waals surface area contributed by atoms with Crippen LogP contribution in [0.5, 0.6) is 0 Å². The fraction of sp³-hybridized carbons (Fsp3) is 0.211. The maximum Gasteiger partial charge on any atom is 0.343 e. The van der Waals surface area contributed by atoms with Crippen LogP contribution in [0.2, 0.25) is 0 Å². The third-order valence-electron chi connectivity index (χ3n) is 3.96. The first-order chi connectivity index (χ1) is 12.9. The van der Waals surface area contributed by atoms with Crippen LogP contribution >= 0.6 is 0 Å². The Kier molecular flexibility index (Phi) is 5.12. The van der Waals surface area contributed by atoms with Crippen molar-refractivity contribution in [1.29, 1.82) is 0 Å². The molecule has 0 saturated carbocycles. The van der Waals surface area contributed by atoms with Gasteiger partial charge in [-0.05, 0) is 37.1 Å². The zero-order valence-electron chi connectivity index (χ0n) is 14.1. The number of ether oxygens (including phenoxy) is 1. The highest BCUT2D eigenvalue weighted by Gasteiger charge is 2.21. The summed E-state index contributed by atoms with van der Waals surface area (Å²) in [6.45, 7) is 0. The van der Waals surface area contributed by atoms with E-state index in [0.29, 0.717) is 5.57 Å². The molecule has 1 aromatic carbocycles. The molecule has 0 atom stereocenters. The molecule has 0 bridgehead atoms. The summed E-state index contributed by atoms with van der Waals surface area (Å²) in [5.41, 5.74) is 4.39. The second-order valence-corrected chi connectivity index (χ2v) is 5.69. The Labute approximate surface area is 151 Å². The second-order valence-electron chi connectivity index (χ2n) is 5.69. The largest absolute Gasteiger partial charge is 0.465 e. The van der Waals surface area contributed by atoms with Gasteiger partial charge in [-0.25, -0.2) is 18.0 Å². The summed E-state index contributed by atoms with van der Waals surface area (Å²) in [6.07, 6.45) is -2.39. The number of aromatic nitrogens is 2. The number of carbonyl (C=O) groups excluding carboxylic acids is 1. The van der Waals surface area contributed by atoms with E-state index in [1.807, 2.05) is 0 Å². The molecule has 0 fully saturated rings. The van der Waals surface area contributed by atoms with E-state index in [4.69, 9.17) is 0 Å². The monoisotopic (exact) mass is 374 g/mol. The molecule has 0 unspecified atom stereocenters. The molecule has 8 heteroatoms. The van der Waals surface area contributed by atoms with Gasteiger partial charge in [0.05, 0.1) is 18.5 Å². The van der Waals surface area contributed by atoms with Crippen LogP contribution in [0.15, 0.2) is 52.2 Å². The molecule has 0 aliphatic heterocycles. The predicted octanol–water partition coefficient (Wildman–Crippen LogP) is 3.28. The normalized spacial score (nSPS) is 13.4. The third kappa shape index (κ3) is 3.77. The molecule has 1 aromatic heterocycles. The molecule has 5 nitrogen and oxygen atoms in total.